The average Bonchev–Trinajstić information content (AvgIpc) is 3.26. The number of rotatable bonds is 5. The molecule has 2 unspecified atom stereocenters. The molecule has 27 heavy (non-hydrogen) atoms. The standard InChI is InChI=1S/C19H27N3O3S2/c1-27(2,3)17-21-9-16(26-17)19(20)13-22(10-15(19)11-23)18(24)25-12-14-7-5-4-6-8-14/h4-9,15,23H,10-13,20H2,1-3H3. The van der Waals surface area contributed by atoms with E-state index in [4.69, 9.17) is 10.5 Å². The van der Waals surface area contributed by atoms with Crippen LogP contribution in [0.3, 0.4) is 0 Å². The zero-order valence-corrected chi connectivity index (χ0v) is 17.6. The van der Waals surface area contributed by atoms with E-state index < -0.39 is 21.7 Å². The molecular weight excluding hydrogens is 382 g/mol. The Kier molecular flexibility index (Phi) is 5.81. The number of carbonyl (C=O) groups excluding carboxylic acids is 1. The van der Waals surface area contributed by atoms with E-state index in [1.165, 1.54) is 0 Å². The molecule has 2 atom stereocenters. The summed E-state index contributed by atoms with van der Waals surface area (Å²) in [7, 11) is -0.947. The Bertz CT molecular complexity index is 791. The van der Waals surface area contributed by atoms with E-state index in [1.807, 2.05) is 30.3 Å². The number of likely N-dealkylation sites (tertiary alicyclic amines) is 1. The SMILES string of the molecule is CS(C)(C)c1ncc(C2(N)CN(C(=O)OCc3ccccc3)CC2CO)s1. The third kappa shape index (κ3) is 4.29. The van der Waals surface area contributed by atoms with Crippen LogP contribution < -0.4 is 5.73 Å². The lowest BCUT2D eigenvalue weighted by Crippen LogP contribution is -2.45. The highest BCUT2D eigenvalue weighted by molar-refractivity contribution is 8.33. The summed E-state index contributed by atoms with van der Waals surface area (Å²) < 4.78 is 6.51. The largest absolute Gasteiger partial charge is 0.445 e. The first-order chi connectivity index (χ1) is 12.7. The summed E-state index contributed by atoms with van der Waals surface area (Å²) in [5.74, 6) is -0.245. The molecule has 2 aromatic rings. The summed E-state index contributed by atoms with van der Waals surface area (Å²) >= 11 is 1.59. The van der Waals surface area contributed by atoms with Crippen molar-refractivity contribution in [2.24, 2.45) is 11.7 Å². The first-order valence-electron chi connectivity index (χ1n) is 8.74. The first-order valence-corrected chi connectivity index (χ1v) is 12.4. The fourth-order valence-electron chi connectivity index (χ4n) is 3.14. The van der Waals surface area contributed by atoms with Crippen LogP contribution in [0, 0.1) is 5.92 Å². The number of aromatic nitrogens is 1. The monoisotopic (exact) mass is 409 g/mol. The minimum absolute atomic E-state index is 0.0887. The van der Waals surface area contributed by atoms with Gasteiger partial charge in [0.15, 0.2) is 0 Å². The van der Waals surface area contributed by atoms with Crippen LogP contribution in [0.5, 0.6) is 0 Å². The molecule has 0 spiro atoms. The van der Waals surface area contributed by atoms with E-state index in [0.29, 0.717) is 13.1 Å². The molecule has 2 heterocycles. The van der Waals surface area contributed by atoms with E-state index in [0.717, 1.165) is 14.8 Å². The van der Waals surface area contributed by atoms with Crippen molar-refractivity contribution in [1.82, 2.24) is 9.88 Å². The number of nitrogens with two attached hydrogens (primary N) is 1. The van der Waals surface area contributed by atoms with Crippen LogP contribution in [0.15, 0.2) is 40.9 Å². The van der Waals surface area contributed by atoms with Gasteiger partial charge in [0.1, 0.15) is 10.9 Å². The summed E-state index contributed by atoms with van der Waals surface area (Å²) in [6, 6.07) is 9.56. The molecule has 1 aromatic carbocycles. The predicted octanol–water partition coefficient (Wildman–Crippen LogP) is 2.61. The van der Waals surface area contributed by atoms with Crippen LogP contribution in [-0.2, 0) is 16.9 Å². The lowest BCUT2D eigenvalue weighted by Gasteiger charge is -2.28. The number of ether oxygens (including phenoxy) is 1. The topological polar surface area (TPSA) is 88.7 Å². The number of hydrogen-bond acceptors (Lipinski definition) is 6. The highest BCUT2D eigenvalue weighted by Crippen LogP contribution is 2.49. The number of aliphatic hydroxyl groups excluding tert-OH is 1. The molecule has 1 fully saturated rings. The molecule has 3 rings (SSSR count). The maximum absolute atomic E-state index is 12.5. The Labute approximate surface area is 165 Å². The van der Waals surface area contributed by atoms with Crippen molar-refractivity contribution >= 4 is 27.5 Å². The lowest BCUT2D eigenvalue weighted by molar-refractivity contribution is 0.101. The summed E-state index contributed by atoms with van der Waals surface area (Å²) in [5.41, 5.74) is 6.83. The smallest absolute Gasteiger partial charge is 0.410 e. The molecule has 0 bridgehead atoms. The molecule has 0 radical (unpaired) electrons. The Morgan fingerprint density at radius 3 is 2.70 bits per heavy atom. The number of aliphatic hydroxyl groups is 1. The second kappa shape index (κ2) is 7.79. The Morgan fingerprint density at radius 1 is 1.41 bits per heavy atom. The van der Waals surface area contributed by atoms with Crippen LogP contribution in [0.1, 0.15) is 10.4 Å². The highest BCUT2D eigenvalue weighted by atomic mass is 32.3. The molecule has 8 heteroatoms. The van der Waals surface area contributed by atoms with Gasteiger partial charge >= 0.3 is 6.09 Å². The Hall–Kier alpha value is -1.61. The van der Waals surface area contributed by atoms with Crippen molar-refractivity contribution in [3.05, 3.63) is 47.0 Å². The van der Waals surface area contributed by atoms with Crippen molar-refractivity contribution in [3.8, 4) is 0 Å². The maximum Gasteiger partial charge on any atom is 0.410 e. The van der Waals surface area contributed by atoms with E-state index in [2.05, 4.69) is 23.8 Å². The van der Waals surface area contributed by atoms with Crippen molar-refractivity contribution in [3.63, 3.8) is 0 Å². The van der Waals surface area contributed by atoms with Crippen molar-refractivity contribution in [2.75, 3.05) is 38.5 Å². The van der Waals surface area contributed by atoms with Crippen molar-refractivity contribution in [1.29, 1.82) is 0 Å². The number of thiazole rings is 1. The zero-order chi connectivity index (χ0) is 19.7. The van der Waals surface area contributed by atoms with Crippen LogP contribution in [0.4, 0.5) is 4.79 Å². The van der Waals surface area contributed by atoms with Gasteiger partial charge in [0.2, 0.25) is 0 Å². The van der Waals surface area contributed by atoms with Gasteiger partial charge in [-0.2, -0.15) is 10.0 Å². The lowest BCUT2D eigenvalue weighted by atomic mass is 9.88. The van der Waals surface area contributed by atoms with Crippen LogP contribution in [0.25, 0.3) is 0 Å². The number of carbonyl (C=O) groups is 1. The van der Waals surface area contributed by atoms with Crippen LogP contribution >= 0.6 is 21.4 Å². The fraction of sp³-hybridized carbons (Fsp3) is 0.474. The van der Waals surface area contributed by atoms with Gasteiger partial charge in [-0.15, -0.1) is 11.3 Å². The first kappa shape index (κ1) is 20.1. The maximum atomic E-state index is 12.5. The molecule has 3 N–H and O–H groups in total. The minimum atomic E-state index is -0.947. The van der Waals surface area contributed by atoms with E-state index >= 15 is 0 Å². The van der Waals surface area contributed by atoms with E-state index in [1.54, 1.807) is 22.4 Å². The highest BCUT2D eigenvalue weighted by Gasteiger charge is 2.48. The van der Waals surface area contributed by atoms with Crippen molar-refractivity contribution < 1.29 is 14.6 Å². The third-order valence-corrected chi connectivity index (χ3v) is 8.66. The van der Waals surface area contributed by atoms with Gasteiger partial charge in [-0.05, 0) is 24.3 Å². The van der Waals surface area contributed by atoms with Crippen LogP contribution in [0.2, 0.25) is 0 Å². The number of amides is 1. The number of benzene rings is 1. The quantitative estimate of drug-likeness (QED) is 0.792. The minimum Gasteiger partial charge on any atom is -0.445 e. The molecule has 1 aromatic heterocycles. The average molecular weight is 410 g/mol. The molecule has 1 amide bonds. The Balaban J connectivity index is 1.72. The van der Waals surface area contributed by atoms with Gasteiger partial charge in [0, 0.05) is 36.7 Å². The molecule has 1 saturated heterocycles. The molecule has 1 aliphatic heterocycles. The van der Waals surface area contributed by atoms with Crippen molar-refractivity contribution in [2.45, 2.75) is 16.5 Å². The number of hydrogen-bond donors (Lipinski definition) is 2. The summed E-state index contributed by atoms with van der Waals surface area (Å²) in [6.45, 7) is 0.813. The van der Waals surface area contributed by atoms with Gasteiger partial charge in [-0.1, -0.05) is 30.3 Å². The number of nitrogens with zero attached hydrogens (tertiary/aromatic N) is 2. The second-order valence-corrected chi connectivity index (χ2v) is 13.0. The Morgan fingerprint density at radius 2 is 2.11 bits per heavy atom. The van der Waals surface area contributed by atoms with Gasteiger partial charge < -0.3 is 20.5 Å². The van der Waals surface area contributed by atoms with Gasteiger partial charge in [0.25, 0.3) is 0 Å². The second-order valence-electron chi connectivity index (χ2n) is 7.67. The van der Waals surface area contributed by atoms with E-state index in [9.17, 15) is 9.90 Å². The zero-order valence-electron chi connectivity index (χ0n) is 15.9. The fourth-order valence-corrected chi connectivity index (χ4v) is 5.60. The van der Waals surface area contributed by atoms with Gasteiger partial charge in [-0.25, -0.2) is 9.78 Å². The molecule has 0 aliphatic carbocycles. The molecule has 0 saturated carbocycles. The summed E-state index contributed by atoms with van der Waals surface area (Å²) in [5, 5.41) is 9.87. The normalized spacial score (nSPS) is 23.4. The molecular formula is C19H27N3O3S2. The predicted molar refractivity (Wildman–Crippen MR) is 110 cm³/mol. The van der Waals surface area contributed by atoms with E-state index in [-0.39, 0.29) is 19.1 Å². The summed E-state index contributed by atoms with van der Waals surface area (Å²) in [6.07, 6.45) is 7.95. The molecule has 6 nitrogen and oxygen atoms in total. The van der Waals surface area contributed by atoms with Gasteiger partial charge in [-0.3, -0.25) is 0 Å². The molecule has 1 aliphatic rings. The molecule has 148 valence electrons. The summed E-state index contributed by atoms with van der Waals surface area (Å²) in [4.78, 5) is 19.6. The van der Waals surface area contributed by atoms with Gasteiger partial charge in [0.05, 0.1) is 5.54 Å². The third-order valence-electron chi connectivity index (χ3n) is 4.77. The van der Waals surface area contributed by atoms with Crippen LogP contribution in [-0.4, -0.2) is 59.5 Å².